The maximum atomic E-state index is 13.1. The molecule has 0 saturated heterocycles. The predicted octanol–water partition coefficient (Wildman–Crippen LogP) is 6.90. The number of aryl methyl sites for hydroxylation is 1. The first kappa shape index (κ1) is 23.6. The first-order chi connectivity index (χ1) is 17.3. The normalized spacial score (nSPS) is 26.6. The Balaban J connectivity index is 1.20. The lowest BCUT2D eigenvalue weighted by Crippen LogP contribution is -2.48. The number of urea groups is 1. The Kier molecular flexibility index (Phi) is 5.84. The van der Waals surface area contributed by atoms with Gasteiger partial charge in [-0.2, -0.15) is 0 Å². The van der Waals surface area contributed by atoms with E-state index >= 15 is 0 Å². The SMILES string of the molecule is Cc1[nH]n(-c2ccc(C34CC5CC(CC(C5)C3)C4)cc2)c(=O)c1/C=N/C(=O)Nc1ccc(Cl)c(Cl)c1. The minimum absolute atomic E-state index is 0.249. The Hall–Kier alpha value is -2.83. The van der Waals surface area contributed by atoms with Crippen molar-refractivity contribution in [1.82, 2.24) is 9.78 Å². The number of carbonyl (C=O) groups is 1. The third-order valence-corrected chi connectivity index (χ3v) is 9.11. The lowest BCUT2D eigenvalue weighted by molar-refractivity contribution is -0.00518. The minimum atomic E-state index is -0.611. The van der Waals surface area contributed by atoms with Crippen LogP contribution in [0, 0.1) is 24.7 Å². The van der Waals surface area contributed by atoms with E-state index in [0.29, 0.717) is 32.4 Å². The van der Waals surface area contributed by atoms with Gasteiger partial charge in [-0.3, -0.25) is 9.89 Å². The van der Waals surface area contributed by atoms with E-state index in [4.69, 9.17) is 23.2 Å². The number of carbonyl (C=O) groups excluding carboxylic acids is 1. The molecule has 0 atom stereocenters. The van der Waals surface area contributed by atoms with E-state index in [0.717, 1.165) is 23.4 Å². The van der Waals surface area contributed by atoms with Crippen LogP contribution in [0.4, 0.5) is 10.5 Å². The molecule has 1 heterocycles. The Labute approximate surface area is 219 Å². The van der Waals surface area contributed by atoms with Crippen molar-refractivity contribution in [1.29, 1.82) is 0 Å². The van der Waals surface area contributed by atoms with Crippen LogP contribution in [0.3, 0.4) is 0 Å². The molecule has 2 aromatic carbocycles. The van der Waals surface area contributed by atoms with Crippen LogP contribution in [0.5, 0.6) is 0 Å². The number of rotatable bonds is 4. The van der Waals surface area contributed by atoms with Crippen LogP contribution < -0.4 is 10.9 Å². The minimum Gasteiger partial charge on any atom is -0.306 e. The fourth-order valence-corrected chi connectivity index (χ4v) is 7.47. The number of amides is 2. The quantitative estimate of drug-likeness (QED) is 0.365. The number of aromatic amines is 1. The number of halogens is 2. The number of nitrogens with one attached hydrogen (secondary N) is 2. The zero-order valence-corrected chi connectivity index (χ0v) is 21.6. The fourth-order valence-electron chi connectivity index (χ4n) is 7.17. The summed E-state index contributed by atoms with van der Waals surface area (Å²) in [4.78, 5) is 29.3. The van der Waals surface area contributed by atoms with Crippen LogP contribution in [0.1, 0.15) is 55.3 Å². The van der Waals surface area contributed by atoms with Gasteiger partial charge in [-0.15, -0.1) is 0 Å². The molecule has 0 aliphatic heterocycles. The number of aromatic nitrogens is 2. The molecular weight excluding hydrogens is 495 g/mol. The number of nitrogens with zero attached hydrogens (tertiary/aromatic N) is 2. The Bertz CT molecular complexity index is 1390. The summed E-state index contributed by atoms with van der Waals surface area (Å²) in [5.41, 5.74) is 3.71. The average molecular weight is 523 g/mol. The summed E-state index contributed by atoms with van der Waals surface area (Å²) in [5.74, 6) is 2.67. The van der Waals surface area contributed by atoms with Gasteiger partial charge in [0, 0.05) is 17.6 Å². The third kappa shape index (κ3) is 4.20. The molecular formula is C28H28Cl2N4O2. The maximum Gasteiger partial charge on any atom is 0.345 e. The number of benzene rings is 2. The van der Waals surface area contributed by atoms with Gasteiger partial charge in [-0.1, -0.05) is 35.3 Å². The van der Waals surface area contributed by atoms with Gasteiger partial charge in [0.1, 0.15) is 0 Å². The van der Waals surface area contributed by atoms with Gasteiger partial charge < -0.3 is 5.32 Å². The highest BCUT2D eigenvalue weighted by molar-refractivity contribution is 6.42. The van der Waals surface area contributed by atoms with E-state index in [1.165, 1.54) is 55.0 Å². The van der Waals surface area contributed by atoms with E-state index in [9.17, 15) is 9.59 Å². The molecule has 0 spiro atoms. The molecule has 7 rings (SSSR count). The predicted molar refractivity (Wildman–Crippen MR) is 144 cm³/mol. The summed E-state index contributed by atoms with van der Waals surface area (Å²) < 4.78 is 1.51. The number of H-pyrrole nitrogens is 1. The highest BCUT2D eigenvalue weighted by atomic mass is 35.5. The first-order valence-electron chi connectivity index (χ1n) is 12.5. The highest BCUT2D eigenvalue weighted by Gasteiger charge is 2.51. The van der Waals surface area contributed by atoms with Crippen LogP contribution in [-0.2, 0) is 5.41 Å². The summed E-state index contributed by atoms with van der Waals surface area (Å²) in [6.07, 6.45) is 9.49. The molecule has 8 heteroatoms. The van der Waals surface area contributed by atoms with E-state index in [-0.39, 0.29) is 5.56 Å². The smallest absolute Gasteiger partial charge is 0.306 e. The number of anilines is 1. The zero-order valence-electron chi connectivity index (χ0n) is 20.1. The number of hydrogen-bond donors (Lipinski definition) is 2. The summed E-state index contributed by atoms with van der Waals surface area (Å²) >= 11 is 11.9. The molecule has 3 aromatic rings. The molecule has 2 amide bonds. The van der Waals surface area contributed by atoms with Crippen molar-refractivity contribution in [2.75, 3.05) is 5.32 Å². The third-order valence-electron chi connectivity index (χ3n) is 8.37. The van der Waals surface area contributed by atoms with Crippen molar-refractivity contribution >= 4 is 41.1 Å². The Morgan fingerprint density at radius 1 is 1.03 bits per heavy atom. The Morgan fingerprint density at radius 3 is 2.28 bits per heavy atom. The van der Waals surface area contributed by atoms with Gasteiger partial charge in [0.15, 0.2) is 0 Å². The van der Waals surface area contributed by atoms with Crippen LogP contribution in [0.25, 0.3) is 5.69 Å². The maximum absolute atomic E-state index is 13.1. The second-order valence-electron chi connectivity index (χ2n) is 10.9. The molecule has 0 radical (unpaired) electrons. The summed E-state index contributed by atoms with van der Waals surface area (Å²) in [5, 5.41) is 6.47. The van der Waals surface area contributed by atoms with Crippen molar-refractivity contribution in [3.8, 4) is 5.69 Å². The van der Waals surface area contributed by atoms with Gasteiger partial charge in [-0.25, -0.2) is 14.5 Å². The van der Waals surface area contributed by atoms with Crippen molar-refractivity contribution in [2.45, 2.75) is 50.9 Å². The molecule has 1 aromatic heterocycles. The van der Waals surface area contributed by atoms with E-state index in [1.54, 1.807) is 25.1 Å². The van der Waals surface area contributed by atoms with Crippen molar-refractivity contribution < 1.29 is 4.79 Å². The second-order valence-corrected chi connectivity index (χ2v) is 11.7. The van der Waals surface area contributed by atoms with Gasteiger partial charge in [0.2, 0.25) is 0 Å². The molecule has 4 bridgehead atoms. The van der Waals surface area contributed by atoms with Crippen molar-refractivity contribution in [3.05, 3.63) is 79.7 Å². The van der Waals surface area contributed by atoms with Gasteiger partial charge >= 0.3 is 6.03 Å². The van der Waals surface area contributed by atoms with E-state index in [2.05, 4.69) is 27.5 Å². The monoisotopic (exact) mass is 522 g/mol. The van der Waals surface area contributed by atoms with E-state index < -0.39 is 6.03 Å². The summed E-state index contributed by atoms with van der Waals surface area (Å²) in [6, 6.07) is 12.6. The van der Waals surface area contributed by atoms with Gasteiger partial charge in [-0.05, 0) is 105 Å². The molecule has 36 heavy (non-hydrogen) atoms. The van der Waals surface area contributed by atoms with Gasteiger partial charge in [0.25, 0.3) is 5.56 Å². The molecule has 4 aliphatic rings. The Morgan fingerprint density at radius 2 is 1.67 bits per heavy atom. The number of aliphatic imine (C=N–C) groups is 1. The average Bonchev–Trinajstić information content (AvgIpc) is 3.12. The second kappa shape index (κ2) is 8.93. The number of hydrogen-bond acceptors (Lipinski definition) is 2. The van der Waals surface area contributed by atoms with Crippen LogP contribution in [0.2, 0.25) is 10.0 Å². The molecule has 4 fully saturated rings. The van der Waals surface area contributed by atoms with Crippen molar-refractivity contribution in [3.63, 3.8) is 0 Å². The molecule has 0 unspecified atom stereocenters. The van der Waals surface area contributed by atoms with Crippen LogP contribution in [0.15, 0.2) is 52.3 Å². The molecule has 4 saturated carbocycles. The topological polar surface area (TPSA) is 79.2 Å². The fraction of sp³-hybridized carbons (Fsp3) is 0.393. The largest absolute Gasteiger partial charge is 0.345 e. The summed E-state index contributed by atoms with van der Waals surface area (Å²) in [7, 11) is 0. The molecule has 6 nitrogen and oxygen atoms in total. The zero-order chi connectivity index (χ0) is 25.0. The van der Waals surface area contributed by atoms with Gasteiger partial charge in [0.05, 0.1) is 21.3 Å². The van der Waals surface area contributed by atoms with Crippen LogP contribution >= 0.6 is 23.2 Å². The van der Waals surface area contributed by atoms with Crippen LogP contribution in [-0.4, -0.2) is 22.0 Å². The van der Waals surface area contributed by atoms with Crippen molar-refractivity contribution in [2.24, 2.45) is 22.7 Å². The first-order valence-corrected chi connectivity index (χ1v) is 13.3. The molecule has 2 N–H and O–H groups in total. The molecule has 186 valence electrons. The highest BCUT2D eigenvalue weighted by Crippen LogP contribution is 2.60. The van der Waals surface area contributed by atoms with E-state index in [1.807, 2.05) is 12.1 Å². The molecule has 4 aliphatic carbocycles. The lowest BCUT2D eigenvalue weighted by atomic mass is 9.48. The standard InChI is InChI=1S/C28H28Cl2N4O2/c1-16-23(15-31-27(36)32-21-4-7-24(29)25(30)11-21)26(35)34(33-16)22-5-2-20(3-6-22)28-12-17-8-18(13-28)10-19(9-17)14-28/h2-7,11,15,17-19,33H,8-10,12-14H2,1H3,(H,32,36)/b31-15+. The summed E-state index contributed by atoms with van der Waals surface area (Å²) in [6.45, 7) is 1.79. The lowest BCUT2D eigenvalue weighted by Gasteiger charge is -2.57.